The molecule has 0 amide bonds. The van der Waals surface area contributed by atoms with Gasteiger partial charge in [-0.1, -0.05) is 53.8 Å². The van der Waals surface area contributed by atoms with Gasteiger partial charge in [-0.15, -0.1) is 0 Å². The zero-order valence-corrected chi connectivity index (χ0v) is 26.6. The third-order valence-electron chi connectivity index (χ3n) is 3.66. The summed E-state index contributed by atoms with van der Waals surface area (Å²) in [6.07, 6.45) is 4.27. The van der Waals surface area contributed by atoms with Crippen LogP contribution in [0.4, 0.5) is 0 Å². The Morgan fingerprint density at radius 1 is 0.806 bits per heavy atom. The molecule has 10 heteroatoms. The van der Waals surface area contributed by atoms with E-state index < -0.39 is 0 Å². The van der Waals surface area contributed by atoms with Crippen molar-refractivity contribution < 1.29 is 24.2 Å². The summed E-state index contributed by atoms with van der Waals surface area (Å²) in [6, 6.07) is 0. The van der Waals surface area contributed by atoms with Crippen LogP contribution < -0.4 is 0 Å². The number of hydrogen-bond acceptors (Lipinski definition) is 5. The number of carbonyl (C=O) groups is 2. The fourth-order valence-corrected chi connectivity index (χ4v) is 2.64. The number of hydrogen-bond donors (Lipinski definition) is 1. The van der Waals surface area contributed by atoms with Gasteiger partial charge in [0.2, 0.25) is 0 Å². The molecule has 0 unspecified atom stereocenters. The fraction of sp³-hybridized carbons (Fsp3) is 0.714. The van der Waals surface area contributed by atoms with Crippen molar-refractivity contribution in [2.24, 2.45) is 0 Å². The van der Waals surface area contributed by atoms with Gasteiger partial charge in [-0.25, -0.2) is 9.59 Å². The van der Waals surface area contributed by atoms with Crippen LogP contribution in [0.1, 0.15) is 73.6 Å². The molecule has 0 saturated carbocycles. The van der Waals surface area contributed by atoms with E-state index in [1.807, 2.05) is 34.6 Å². The molecule has 0 aromatic heterocycles. The lowest BCUT2D eigenvalue weighted by molar-refractivity contribution is -0.140. The van der Waals surface area contributed by atoms with Crippen LogP contribution >= 0.6 is 66.4 Å². The van der Waals surface area contributed by atoms with Gasteiger partial charge >= 0.3 is 11.9 Å². The second-order valence-electron chi connectivity index (χ2n) is 6.73. The Balaban J connectivity index is -0.000000432. The number of alkyl halides is 1. The number of esters is 2. The molecule has 0 saturated heterocycles. The minimum atomic E-state index is -0.285. The first-order valence-electron chi connectivity index (χ1n) is 10.1. The average Bonchev–Trinajstić information content (AvgIpc) is 2.66. The summed E-state index contributed by atoms with van der Waals surface area (Å²) in [5.41, 5.74) is 3.26. The van der Waals surface area contributed by atoms with Crippen molar-refractivity contribution in [2.75, 3.05) is 25.2 Å². The van der Waals surface area contributed by atoms with Crippen molar-refractivity contribution in [3.05, 3.63) is 22.3 Å². The highest BCUT2D eigenvalue weighted by Crippen LogP contribution is 2.59. The summed E-state index contributed by atoms with van der Waals surface area (Å²) in [7, 11) is 0. The van der Waals surface area contributed by atoms with E-state index in [0.717, 1.165) is 42.4 Å². The molecule has 0 bridgehead atoms. The monoisotopic (exact) mass is 716 g/mol. The minimum absolute atomic E-state index is 0.0105. The molecule has 5 nitrogen and oxygen atoms in total. The Hall–Kier alpha value is 0.730. The quantitative estimate of drug-likeness (QED) is 0.0763. The molecule has 0 fully saturated rings. The molecule has 0 radical (unpaired) electrons. The summed E-state index contributed by atoms with van der Waals surface area (Å²) in [6.45, 7) is 12.6. The predicted molar refractivity (Wildman–Crippen MR) is 148 cm³/mol. The molecule has 0 aromatic carbocycles. The van der Waals surface area contributed by atoms with E-state index in [4.69, 9.17) is 14.6 Å². The molecular weight excluding hydrogens is 683 g/mol. The lowest BCUT2D eigenvalue weighted by atomic mass is 10.1. The first-order chi connectivity index (χ1) is 14.5. The lowest BCUT2D eigenvalue weighted by Gasteiger charge is -2.08. The van der Waals surface area contributed by atoms with Gasteiger partial charge in [0.05, 0.1) is 13.2 Å². The van der Waals surface area contributed by atoms with Crippen molar-refractivity contribution in [3.63, 3.8) is 0 Å². The molecule has 184 valence electrons. The van der Waals surface area contributed by atoms with E-state index in [1.54, 1.807) is 0 Å². The van der Waals surface area contributed by atoms with E-state index in [-0.39, 0.29) is 22.6 Å². The zero-order chi connectivity index (χ0) is 24.8. The summed E-state index contributed by atoms with van der Waals surface area (Å²) in [5, 5.41) is 9.33. The highest BCUT2D eigenvalue weighted by Gasteiger charge is 2.11. The maximum atomic E-state index is 11.5. The first kappa shape index (κ1) is 36.3. The van der Waals surface area contributed by atoms with Gasteiger partial charge in [-0.2, -0.15) is 0 Å². The van der Waals surface area contributed by atoms with Gasteiger partial charge < -0.3 is 14.6 Å². The highest BCUT2D eigenvalue weighted by atomic mass is 80.0. The van der Waals surface area contributed by atoms with Crippen LogP contribution in [0.15, 0.2) is 22.3 Å². The van der Waals surface area contributed by atoms with Crippen LogP contribution in [0.5, 0.6) is 0 Å². The van der Waals surface area contributed by atoms with E-state index in [9.17, 15) is 9.59 Å². The zero-order valence-electron chi connectivity index (χ0n) is 19.4. The Bertz CT molecular complexity index is 541. The van der Waals surface area contributed by atoms with Crippen LogP contribution in [0.3, 0.4) is 0 Å². The summed E-state index contributed by atoms with van der Waals surface area (Å²) in [5.74, 6) is -0.474. The van der Waals surface area contributed by atoms with Gasteiger partial charge in [0.15, 0.2) is 0 Å². The predicted octanol–water partition coefficient (Wildman–Crippen LogP) is 8.51. The fourth-order valence-electron chi connectivity index (χ4n) is 1.85. The smallest absolute Gasteiger partial charge is 0.334 e. The number of allylic oxidation sites excluding steroid dienone is 2. The summed E-state index contributed by atoms with van der Waals surface area (Å²) >= 11 is 12.8. The first-order valence-corrected chi connectivity index (χ1v) is 18.6. The Kier molecular flexibility index (Phi) is 29.7. The van der Waals surface area contributed by atoms with Crippen molar-refractivity contribution in [3.8, 4) is 0 Å². The highest BCUT2D eigenvalue weighted by molar-refractivity contribution is 9.93. The lowest BCUT2D eigenvalue weighted by Crippen LogP contribution is -2.11. The summed E-state index contributed by atoms with van der Waals surface area (Å²) < 4.78 is 9.94. The number of carbonyl (C=O) groups excluding carboxylic acids is 2. The molecule has 1 N–H and O–H groups in total. The average molecular weight is 720 g/mol. The van der Waals surface area contributed by atoms with Crippen molar-refractivity contribution >= 4 is 78.4 Å². The van der Waals surface area contributed by atoms with Crippen LogP contribution in [-0.4, -0.2) is 42.2 Å². The van der Waals surface area contributed by atoms with Gasteiger partial charge in [0, 0.05) is 29.5 Å². The van der Waals surface area contributed by atoms with Crippen LogP contribution in [0.2, 0.25) is 0 Å². The van der Waals surface area contributed by atoms with Gasteiger partial charge in [-0.05, 0) is 87.0 Å². The molecule has 0 aliphatic rings. The Labute approximate surface area is 222 Å². The SMILES string of the molecule is BrP(Br)Br.CCCCOC(=O)C(CBr)=C(C)C.CCCCOC(=O)C(CCO)=C(C)C. The van der Waals surface area contributed by atoms with Gasteiger partial charge in [0.25, 0.3) is 0 Å². The second kappa shape index (κ2) is 25.4. The molecule has 0 atom stereocenters. The molecule has 0 spiro atoms. The standard InChI is InChI=1S/C11H20O3.C10H17BrO2.Br3P/c1-4-5-8-14-11(13)10(6-7-12)9(2)3;1-4-5-6-13-10(12)9(7-11)8(2)3;1-4(2)3/h12H,4-8H2,1-3H3;4-7H2,1-3H3;. The number of ether oxygens (including phenoxy) is 2. The van der Waals surface area contributed by atoms with Crippen LogP contribution in [0, 0.1) is 0 Å². The van der Waals surface area contributed by atoms with E-state index in [0.29, 0.717) is 30.5 Å². The van der Waals surface area contributed by atoms with Crippen molar-refractivity contribution in [1.29, 1.82) is 0 Å². The number of unbranched alkanes of at least 4 members (excludes halogenated alkanes) is 2. The van der Waals surface area contributed by atoms with Crippen LogP contribution in [-0.2, 0) is 19.1 Å². The van der Waals surface area contributed by atoms with Gasteiger partial charge in [-0.3, -0.25) is 0 Å². The van der Waals surface area contributed by atoms with E-state index in [1.165, 1.54) is 0 Å². The third kappa shape index (κ3) is 25.2. The molecule has 0 aromatic rings. The molecule has 0 aliphatic heterocycles. The van der Waals surface area contributed by atoms with E-state index >= 15 is 0 Å². The van der Waals surface area contributed by atoms with Crippen molar-refractivity contribution in [2.45, 2.75) is 73.6 Å². The largest absolute Gasteiger partial charge is 0.462 e. The van der Waals surface area contributed by atoms with Gasteiger partial charge in [0.1, 0.15) is 4.03 Å². The topological polar surface area (TPSA) is 72.8 Å². The van der Waals surface area contributed by atoms with Crippen molar-refractivity contribution in [1.82, 2.24) is 0 Å². The second-order valence-corrected chi connectivity index (χ2v) is 22.6. The number of aliphatic hydroxyl groups excluding tert-OH is 1. The summed E-state index contributed by atoms with van der Waals surface area (Å²) in [4.78, 5) is 22.8. The molecule has 0 rings (SSSR count). The maximum Gasteiger partial charge on any atom is 0.334 e. The van der Waals surface area contributed by atoms with Crippen LogP contribution in [0.25, 0.3) is 0 Å². The Morgan fingerprint density at radius 2 is 1.16 bits per heavy atom. The number of halogens is 4. The minimum Gasteiger partial charge on any atom is -0.462 e. The van der Waals surface area contributed by atoms with E-state index in [2.05, 4.69) is 69.3 Å². The number of aliphatic hydroxyl groups is 1. The number of rotatable bonds is 11. The molecule has 31 heavy (non-hydrogen) atoms. The third-order valence-corrected chi connectivity index (χ3v) is 4.22. The maximum absolute atomic E-state index is 11.5. The molecule has 0 heterocycles. The normalized spacial score (nSPS) is 9.55. The molecule has 0 aliphatic carbocycles. The Morgan fingerprint density at radius 3 is 1.42 bits per heavy atom. The molecular formula is C21H37Br4O5P.